The molecule has 2 unspecified atom stereocenters. The van der Waals surface area contributed by atoms with Gasteiger partial charge in [0.1, 0.15) is 5.75 Å². The van der Waals surface area contributed by atoms with Gasteiger partial charge in [0.25, 0.3) is 0 Å². The molecule has 2 atom stereocenters. The van der Waals surface area contributed by atoms with E-state index in [-0.39, 0.29) is 0 Å². The second-order valence-corrected chi connectivity index (χ2v) is 6.49. The third-order valence-electron chi connectivity index (χ3n) is 5.20. The van der Waals surface area contributed by atoms with Crippen molar-refractivity contribution in [2.24, 2.45) is 0 Å². The Morgan fingerprint density at radius 1 is 1.41 bits per heavy atom. The summed E-state index contributed by atoms with van der Waals surface area (Å²) in [6.45, 7) is 7.16. The van der Waals surface area contributed by atoms with Gasteiger partial charge in [0.15, 0.2) is 0 Å². The van der Waals surface area contributed by atoms with Gasteiger partial charge in [-0.2, -0.15) is 0 Å². The first-order chi connectivity index (χ1) is 10.6. The van der Waals surface area contributed by atoms with Gasteiger partial charge in [0.2, 0.25) is 0 Å². The molecule has 3 heterocycles. The van der Waals surface area contributed by atoms with Crippen LogP contribution in [0.4, 0.5) is 5.69 Å². The molecular weight excluding hydrogens is 276 g/mol. The number of imidazole rings is 1. The smallest absolute Gasteiger partial charge is 0.121 e. The van der Waals surface area contributed by atoms with Crippen molar-refractivity contribution in [3.8, 4) is 5.75 Å². The summed E-state index contributed by atoms with van der Waals surface area (Å²) >= 11 is 0. The number of anilines is 1. The maximum atomic E-state index is 10.2. The standard InChI is InChI=1S/C17H22N4O/c1-11-14-6-7-20(8-13-12(2)18-9-19-13)10-21(14)15-4-3-5-16(22)17(11)15/h3-5,9,11,14,22H,6-8,10H2,1-2H3,(H,18,19). The average Bonchev–Trinajstić information content (AvgIpc) is 3.03. The van der Waals surface area contributed by atoms with Crippen molar-refractivity contribution in [3.63, 3.8) is 0 Å². The lowest BCUT2D eigenvalue weighted by atomic mass is 9.93. The topological polar surface area (TPSA) is 55.4 Å². The van der Waals surface area contributed by atoms with Crippen LogP contribution in [0.15, 0.2) is 24.5 Å². The third kappa shape index (κ3) is 2.00. The van der Waals surface area contributed by atoms with Crippen molar-refractivity contribution in [3.05, 3.63) is 41.5 Å². The number of phenolic OH excluding ortho intramolecular Hbond substituents is 1. The Kier molecular flexibility index (Phi) is 3.11. The zero-order valence-corrected chi connectivity index (χ0v) is 13.1. The van der Waals surface area contributed by atoms with Crippen LogP contribution in [0.3, 0.4) is 0 Å². The Hall–Kier alpha value is -2.01. The maximum absolute atomic E-state index is 10.2. The van der Waals surface area contributed by atoms with Crippen molar-refractivity contribution < 1.29 is 5.11 Å². The second kappa shape index (κ2) is 5.02. The van der Waals surface area contributed by atoms with E-state index in [9.17, 15) is 5.11 Å². The van der Waals surface area contributed by atoms with Gasteiger partial charge in [-0.15, -0.1) is 0 Å². The van der Waals surface area contributed by atoms with Crippen molar-refractivity contribution in [1.29, 1.82) is 0 Å². The van der Waals surface area contributed by atoms with Crippen molar-refractivity contribution >= 4 is 5.69 Å². The summed E-state index contributed by atoms with van der Waals surface area (Å²) in [6, 6.07) is 6.38. The molecule has 1 saturated heterocycles. The Morgan fingerprint density at radius 2 is 2.27 bits per heavy atom. The summed E-state index contributed by atoms with van der Waals surface area (Å²) in [5.74, 6) is 0.833. The minimum Gasteiger partial charge on any atom is -0.508 e. The van der Waals surface area contributed by atoms with Gasteiger partial charge in [0, 0.05) is 42.0 Å². The Bertz CT molecular complexity index is 696. The van der Waals surface area contributed by atoms with Crippen molar-refractivity contribution in [2.45, 2.75) is 38.8 Å². The van der Waals surface area contributed by atoms with Crippen LogP contribution in [-0.2, 0) is 6.54 Å². The molecule has 1 fully saturated rings. The van der Waals surface area contributed by atoms with Gasteiger partial charge in [-0.25, -0.2) is 4.98 Å². The molecule has 22 heavy (non-hydrogen) atoms. The van der Waals surface area contributed by atoms with E-state index in [1.165, 1.54) is 5.69 Å². The predicted molar refractivity (Wildman–Crippen MR) is 86.0 cm³/mol. The molecule has 0 spiro atoms. The van der Waals surface area contributed by atoms with Gasteiger partial charge in [-0.3, -0.25) is 4.90 Å². The minimum atomic E-state index is 0.394. The number of hydrogen-bond acceptors (Lipinski definition) is 4. The molecule has 0 bridgehead atoms. The molecule has 5 nitrogen and oxygen atoms in total. The number of aromatic amines is 1. The Labute approximate surface area is 130 Å². The number of rotatable bonds is 2. The van der Waals surface area contributed by atoms with E-state index in [0.29, 0.717) is 17.7 Å². The molecule has 5 heteroatoms. The molecule has 2 aliphatic rings. The fourth-order valence-electron chi connectivity index (χ4n) is 3.97. The minimum absolute atomic E-state index is 0.394. The first-order valence-corrected chi connectivity index (χ1v) is 7.95. The summed E-state index contributed by atoms with van der Waals surface area (Å²) in [4.78, 5) is 12.4. The number of hydrogen-bond donors (Lipinski definition) is 2. The first kappa shape index (κ1) is 13.6. The SMILES string of the molecule is Cc1[nH]cnc1CN1CCC2C(C)c3c(O)cccc3N2C1. The molecule has 2 aromatic rings. The number of aromatic nitrogens is 2. The number of nitrogens with zero attached hydrogens (tertiary/aromatic N) is 3. The summed E-state index contributed by atoms with van der Waals surface area (Å²) < 4.78 is 0. The molecule has 0 radical (unpaired) electrons. The summed E-state index contributed by atoms with van der Waals surface area (Å²) in [5.41, 5.74) is 4.59. The van der Waals surface area contributed by atoms with Crippen molar-refractivity contribution in [2.75, 3.05) is 18.1 Å². The quantitative estimate of drug-likeness (QED) is 0.895. The molecule has 2 N–H and O–H groups in total. The molecular formula is C17H22N4O. The monoisotopic (exact) mass is 298 g/mol. The van der Waals surface area contributed by atoms with E-state index in [1.807, 2.05) is 6.07 Å². The molecule has 1 aromatic heterocycles. The highest BCUT2D eigenvalue weighted by atomic mass is 16.3. The van der Waals surface area contributed by atoms with Crippen molar-refractivity contribution in [1.82, 2.24) is 14.9 Å². The zero-order valence-electron chi connectivity index (χ0n) is 13.1. The number of benzene rings is 1. The van der Waals surface area contributed by atoms with Gasteiger partial charge in [-0.1, -0.05) is 13.0 Å². The molecule has 0 amide bonds. The maximum Gasteiger partial charge on any atom is 0.121 e. The summed E-state index contributed by atoms with van der Waals surface area (Å²) in [6.07, 6.45) is 2.89. The average molecular weight is 298 g/mol. The lowest BCUT2D eigenvalue weighted by molar-refractivity contribution is 0.201. The van der Waals surface area contributed by atoms with Gasteiger partial charge < -0.3 is 15.0 Å². The van der Waals surface area contributed by atoms with Gasteiger partial charge in [0.05, 0.1) is 18.7 Å². The zero-order chi connectivity index (χ0) is 15.3. The fraction of sp³-hybridized carbons (Fsp3) is 0.471. The highest BCUT2D eigenvalue weighted by Crippen LogP contribution is 2.47. The molecule has 0 aliphatic carbocycles. The number of fused-ring (bicyclic) bond motifs is 3. The lowest BCUT2D eigenvalue weighted by Gasteiger charge is -2.40. The Morgan fingerprint density at radius 3 is 3.05 bits per heavy atom. The van der Waals surface area contributed by atoms with Crippen LogP contribution < -0.4 is 4.90 Å². The van der Waals surface area contributed by atoms with E-state index >= 15 is 0 Å². The number of H-pyrrole nitrogens is 1. The highest BCUT2D eigenvalue weighted by Gasteiger charge is 2.40. The number of phenols is 1. The van der Waals surface area contributed by atoms with E-state index in [2.05, 4.69) is 39.7 Å². The number of aromatic hydroxyl groups is 1. The molecule has 0 saturated carbocycles. The van der Waals surface area contributed by atoms with Crippen LogP contribution in [0.5, 0.6) is 5.75 Å². The van der Waals surface area contributed by atoms with Crippen LogP contribution in [0, 0.1) is 6.92 Å². The normalized spacial score (nSPS) is 24.4. The van der Waals surface area contributed by atoms with E-state index in [0.717, 1.165) is 43.1 Å². The molecule has 4 rings (SSSR count). The van der Waals surface area contributed by atoms with E-state index in [1.54, 1.807) is 12.4 Å². The first-order valence-electron chi connectivity index (χ1n) is 7.95. The number of nitrogens with one attached hydrogen (secondary N) is 1. The number of aryl methyl sites for hydroxylation is 1. The van der Waals surface area contributed by atoms with E-state index in [4.69, 9.17) is 0 Å². The predicted octanol–water partition coefficient (Wildman–Crippen LogP) is 2.58. The summed E-state index contributed by atoms with van der Waals surface area (Å²) in [5, 5.41) is 10.2. The second-order valence-electron chi connectivity index (χ2n) is 6.49. The molecule has 1 aromatic carbocycles. The van der Waals surface area contributed by atoms with Gasteiger partial charge >= 0.3 is 0 Å². The van der Waals surface area contributed by atoms with Crippen LogP contribution >= 0.6 is 0 Å². The third-order valence-corrected chi connectivity index (χ3v) is 5.20. The Balaban J connectivity index is 1.59. The van der Waals surface area contributed by atoms with Gasteiger partial charge in [-0.05, 0) is 25.5 Å². The summed E-state index contributed by atoms with van der Waals surface area (Å²) in [7, 11) is 0. The largest absolute Gasteiger partial charge is 0.508 e. The van der Waals surface area contributed by atoms with Crippen LogP contribution in [-0.4, -0.2) is 39.2 Å². The molecule has 116 valence electrons. The van der Waals surface area contributed by atoms with Crippen LogP contribution in [0.2, 0.25) is 0 Å². The lowest BCUT2D eigenvalue weighted by Crippen LogP contribution is -2.49. The molecule has 2 aliphatic heterocycles. The fourth-order valence-corrected chi connectivity index (χ4v) is 3.97. The highest BCUT2D eigenvalue weighted by molar-refractivity contribution is 5.66. The van der Waals surface area contributed by atoms with Crippen LogP contribution in [0.25, 0.3) is 0 Å². The van der Waals surface area contributed by atoms with E-state index < -0.39 is 0 Å². The van der Waals surface area contributed by atoms with Crippen LogP contribution in [0.1, 0.15) is 36.2 Å².